The lowest BCUT2D eigenvalue weighted by molar-refractivity contribution is 0.420. The summed E-state index contributed by atoms with van der Waals surface area (Å²) in [5.41, 5.74) is 1.21. The van der Waals surface area contributed by atoms with E-state index < -0.39 is 0 Å². The molecule has 27 heavy (non-hydrogen) atoms. The van der Waals surface area contributed by atoms with Gasteiger partial charge in [-0.2, -0.15) is 0 Å². The van der Waals surface area contributed by atoms with Gasteiger partial charge in [0, 0.05) is 0 Å². The average molecular weight is 351 g/mol. The van der Waals surface area contributed by atoms with E-state index in [2.05, 4.69) is 64.9 Å². The molecule has 1 heterocycles. The molecular formula is C23H17N3O. The molecule has 4 nitrogen and oxygen atoms in total. The molecule has 0 radical (unpaired) electrons. The standard InChI is InChI=1S/C23H17N3O/c1-2-10-19(11-3-1)27-23-15-24-25-26(23)16-22-20-12-6-4-8-17(20)14-18-9-5-7-13-21(18)22/h1-15H,16H2. The van der Waals surface area contributed by atoms with Crippen molar-refractivity contribution in [2.75, 3.05) is 0 Å². The smallest absolute Gasteiger partial charge is 0.238 e. The molecule has 0 fully saturated rings. The van der Waals surface area contributed by atoms with Crippen LogP contribution in [0.1, 0.15) is 5.56 Å². The molecule has 1 aromatic heterocycles. The van der Waals surface area contributed by atoms with Crippen LogP contribution >= 0.6 is 0 Å². The van der Waals surface area contributed by atoms with Gasteiger partial charge in [0.15, 0.2) is 0 Å². The Morgan fingerprint density at radius 3 is 2.07 bits per heavy atom. The predicted molar refractivity (Wildman–Crippen MR) is 107 cm³/mol. The zero-order valence-electron chi connectivity index (χ0n) is 14.6. The van der Waals surface area contributed by atoms with Crippen molar-refractivity contribution in [2.45, 2.75) is 6.54 Å². The van der Waals surface area contributed by atoms with Crippen molar-refractivity contribution in [3.05, 3.63) is 96.7 Å². The Kier molecular flexibility index (Phi) is 3.79. The van der Waals surface area contributed by atoms with Crippen molar-refractivity contribution in [3.8, 4) is 11.6 Å². The van der Waals surface area contributed by atoms with Gasteiger partial charge in [-0.25, -0.2) is 4.68 Å². The van der Waals surface area contributed by atoms with Gasteiger partial charge >= 0.3 is 0 Å². The third-order valence-electron chi connectivity index (χ3n) is 4.74. The maximum absolute atomic E-state index is 5.98. The van der Waals surface area contributed by atoms with Crippen LogP contribution in [0.15, 0.2) is 91.1 Å². The largest absolute Gasteiger partial charge is 0.438 e. The van der Waals surface area contributed by atoms with Crippen LogP contribution < -0.4 is 4.74 Å². The number of hydrogen-bond donors (Lipinski definition) is 0. The van der Waals surface area contributed by atoms with E-state index in [1.54, 1.807) is 10.9 Å². The summed E-state index contributed by atoms with van der Waals surface area (Å²) >= 11 is 0. The van der Waals surface area contributed by atoms with E-state index in [4.69, 9.17) is 4.74 Å². The van der Waals surface area contributed by atoms with E-state index in [-0.39, 0.29) is 0 Å². The maximum Gasteiger partial charge on any atom is 0.238 e. The Labute approximate surface area is 156 Å². The normalized spacial score (nSPS) is 11.1. The van der Waals surface area contributed by atoms with Crippen molar-refractivity contribution < 1.29 is 4.74 Å². The van der Waals surface area contributed by atoms with Crippen molar-refractivity contribution in [2.24, 2.45) is 0 Å². The van der Waals surface area contributed by atoms with E-state index in [0.717, 1.165) is 5.75 Å². The first-order valence-electron chi connectivity index (χ1n) is 8.89. The summed E-state index contributed by atoms with van der Waals surface area (Å²) in [6.45, 7) is 0.587. The van der Waals surface area contributed by atoms with Crippen LogP contribution in [0.3, 0.4) is 0 Å². The molecule has 5 rings (SSSR count). The highest BCUT2D eigenvalue weighted by atomic mass is 16.5. The molecule has 0 aliphatic rings. The van der Waals surface area contributed by atoms with Crippen LogP contribution in [-0.2, 0) is 6.54 Å². The molecule has 0 N–H and O–H groups in total. The minimum atomic E-state index is 0.587. The van der Waals surface area contributed by atoms with Crippen molar-refractivity contribution in [3.63, 3.8) is 0 Å². The molecule has 0 amide bonds. The van der Waals surface area contributed by atoms with Gasteiger partial charge in [-0.05, 0) is 45.3 Å². The van der Waals surface area contributed by atoms with Crippen LogP contribution in [0.2, 0.25) is 0 Å². The molecule has 4 heteroatoms. The number of benzene rings is 4. The second kappa shape index (κ2) is 6.57. The molecule has 0 unspecified atom stereocenters. The molecule has 0 saturated heterocycles. The fourth-order valence-electron chi connectivity index (χ4n) is 3.47. The molecule has 0 bridgehead atoms. The SMILES string of the molecule is c1ccc(Oc2cnnn2Cc2c3ccccc3cc3ccccc23)cc1. The van der Waals surface area contributed by atoms with Gasteiger partial charge < -0.3 is 4.74 Å². The third-order valence-corrected chi connectivity index (χ3v) is 4.74. The van der Waals surface area contributed by atoms with Gasteiger partial charge in [-0.3, -0.25) is 0 Å². The molecular weight excluding hydrogens is 334 g/mol. The van der Waals surface area contributed by atoms with Gasteiger partial charge in [-0.1, -0.05) is 71.9 Å². The highest BCUT2D eigenvalue weighted by Crippen LogP contribution is 2.30. The highest BCUT2D eigenvalue weighted by Gasteiger charge is 2.12. The second-order valence-electron chi connectivity index (χ2n) is 6.44. The molecule has 130 valence electrons. The number of rotatable bonds is 4. The van der Waals surface area contributed by atoms with Crippen molar-refractivity contribution in [1.82, 2.24) is 15.0 Å². The van der Waals surface area contributed by atoms with Crippen molar-refractivity contribution in [1.29, 1.82) is 0 Å². The second-order valence-corrected chi connectivity index (χ2v) is 6.44. The van der Waals surface area contributed by atoms with Gasteiger partial charge in [-0.15, -0.1) is 5.10 Å². The maximum atomic E-state index is 5.98. The third kappa shape index (κ3) is 2.91. The summed E-state index contributed by atoms with van der Waals surface area (Å²) in [7, 11) is 0. The van der Waals surface area contributed by atoms with Crippen molar-refractivity contribution >= 4 is 21.5 Å². The Morgan fingerprint density at radius 2 is 1.37 bits per heavy atom. The Morgan fingerprint density at radius 1 is 0.741 bits per heavy atom. The van der Waals surface area contributed by atoms with E-state index in [9.17, 15) is 0 Å². The average Bonchev–Trinajstić information content (AvgIpc) is 3.15. The fraction of sp³-hybridized carbons (Fsp3) is 0.0435. The van der Waals surface area contributed by atoms with Gasteiger partial charge in [0.2, 0.25) is 5.88 Å². The number of para-hydroxylation sites is 1. The molecule has 4 aromatic carbocycles. The topological polar surface area (TPSA) is 39.9 Å². The summed E-state index contributed by atoms with van der Waals surface area (Å²) in [4.78, 5) is 0. The molecule has 0 spiro atoms. The first-order chi connectivity index (χ1) is 13.4. The highest BCUT2D eigenvalue weighted by molar-refractivity contribution is 6.02. The zero-order chi connectivity index (χ0) is 18.1. The zero-order valence-corrected chi connectivity index (χ0v) is 14.6. The monoisotopic (exact) mass is 351 g/mol. The predicted octanol–water partition coefficient (Wildman–Crippen LogP) is 5.43. The van der Waals surface area contributed by atoms with Crippen LogP contribution in [0.4, 0.5) is 0 Å². The number of hydrogen-bond acceptors (Lipinski definition) is 3. The molecule has 5 aromatic rings. The van der Waals surface area contributed by atoms with Crippen LogP contribution in [0, 0.1) is 0 Å². The molecule has 0 aliphatic heterocycles. The molecule has 0 saturated carbocycles. The fourth-order valence-corrected chi connectivity index (χ4v) is 3.47. The number of ether oxygens (including phenoxy) is 1. The Balaban J connectivity index is 1.62. The summed E-state index contributed by atoms with van der Waals surface area (Å²) in [5, 5.41) is 13.2. The lowest BCUT2D eigenvalue weighted by atomic mass is 9.97. The molecule has 0 aliphatic carbocycles. The first-order valence-corrected chi connectivity index (χ1v) is 8.89. The number of nitrogens with zero attached hydrogens (tertiary/aromatic N) is 3. The first kappa shape index (κ1) is 15.6. The van der Waals surface area contributed by atoms with Gasteiger partial charge in [0.05, 0.1) is 6.54 Å². The van der Waals surface area contributed by atoms with Crippen LogP contribution in [0.25, 0.3) is 21.5 Å². The van der Waals surface area contributed by atoms with E-state index >= 15 is 0 Å². The lowest BCUT2D eigenvalue weighted by Gasteiger charge is -2.13. The van der Waals surface area contributed by atoms with E-state index in [1.807, 2.05) is 30.3 Å². The summed E-state index contributed by atoms with van der Waals surface area (Å²) in [5.74, 6) is 1.39. The summed E-state index contributed by atoms with van der Waals surface area (Å²) < 4.78 is 7.79. The minimum Gasteiger partial charge on any atom is -0.438 e. The summed E-state index contributed by atoms with van der Waals surface area (Å²) in [6.07, 6.45) is 1.65. The lowest BCUT2D eigenvalue weighted by Crippen LogP contribution is -2.05. The number of fused-ring (bicyclic) bond motifs is 2. The Bertz CT molecular complexity index is 1170. The Hall–Kier alpha value is -3.66. The van der Waals surface area contributed by atoms with Crippen LogP contribution in [0.5, 0.6) is 11.6 Å². The van der Waals surface area contributed by atoms with Gasteiger partial charge in [0.1, 0.15) is 11.9 Å². The van der Waals surface area contributed by atoms with E-state index in [0.29, 0.717) is 12.4 Å². The number of aromatic nitrogens is 3. The quantitative estimate of drug-likeness (QED) is 0.406. The van der Waals surface area contributed by atoms with Crippen LogP contribution in [-0.4, -0.2) is 15.0 Å². The van der Waals surface area contributed by atoms with Gasteiger partial charge in [0.25, 0.3) is 0 Å². The summed E-state index contributed by atoms with van der Waals surface area (Å²) in [6, 6.07) is 28.8. The molecule has 0 atom stereocenters. The minimum absolute atomic E-state index is 0.587. The van der Waals surface area contributed by atoms with E-state index in [1.165, 1.54) is 27.1 Å².